The maximum atomic E-state index is 14.3. The summed E-state index contributed by atoms with van der Waals surface area (Å²) in [6.07, 6.45) is -7.73. The highest BCUT2D eigenvalue weighted by Crippen LogP contribution is 2.43. The number of nitrogens with one attached hydrogen (secondary N) is 3. The molecule has 17 heteroatoms. The number of carbonyl (C=O) groups is 1. The largest absolute Gasteiger partial charge is 0.408 e. The normalized spacial score (nSPS) is 17.6. The van der Waals surface area contributed by atoms with Gasteiger partial charge in [0.1, 0.15) is 12.7 Å². The lowest BCUT2D eigenvalue weighted by atomic mass is 10.0. The molecule has 5 rings (SSSR count). The lowest BCUT2D eigenvalue weighted by Crippen LogP contribution is -2.45. The quantitative estimate of drug-likeness (QED) is 0.183. The number of halogens is 7. The molecule has 0 spiro atoms. The first kappa shape index (κ1) is 31.4. The smallest absolute Gasteiger partial charge is 0.378 e. The Balaban J connectivity index is 0.000000283. The Kier molecular flexibility index (Phi) is 9.83. The molecule has 1 aliphatic heterocycles. The highest BCUT2D eigenvalue weighted by Gasteiger charge is 2.33. The molecular weight excluding hydrogens is 595 g/mol. The van der Waals surface area contributed by atoms with Crippen LogP contribution in [0.2, 0.25) is 0 Å². The Morgan fingerprint density at radius 2 is 2.00 bits per heavy atom. The zero-order chi connectivity index (χ0) is 30.5. The maximum absolute atomic E-state index is 14.3. The molecule has 4 heterocycles. The van der Waals surface area contributed by atoms with Gasteiger partial charge in [0.05, 0.1) is 46.0 Å². The fourth-order valence-corrected chi connectivity index (χ4v) is 5.53. The van der Waals surface area contributed by atoms with Crippen molar-refractivity contribution in [1.82, 2.24) is 30.6 Å². The maximum Gasteiger partial charge on any atom is 0.408 e. The molecule has 42 heavy (non-hydrogen) atoms. The Morgan fingerprint density at radius 1 is 1.21 bits per heavy atom. The fourth-order valence-electron chi connectivity index (χ4n) is 4.30. The number of rotatable bonds is 8. The molecule has 9 nitrogen and oxygen atoms in total. The van der Waals surface area contributed by atoms with E-state index in [0.717, 1.165) is 23.7 Å². The van der Waals surface area contributed by atoms with Gasteiger partial charge < -0.3 is 20.5 Å². The molecule has 1 aromatic carbocycles. The minimum absolute atomic E-state index is 0.102. The third-order valence-corrected chi connectivity index (χ3v) is 7.35. The molecule has 228 valence electrons. The SMILES string of the molecule is CNCc1nc(-c2sc3c(NC4CCNCC4F)cccc3c2CC(F)(F)F)no1.O=Cc1cnn(CC(F)(F)F)c1. The number of fused-ring (bicyclic) bond motifs is 1. The van der Waals surface area contributed by atoms with Crippen LogP contribution in [-0.2, 0) is 19.5 Å². The summed E-state index contributed by atoms with van der Waals surface area (Å²) < 4.78 is 95.9. The number of hydrogen-bond acceptors (Lipinski definition) is 9. The molecule has 0 saturated carbocycles. The molecule has 0 aliphatic carbocycles. The molecule has 3 aromatic heterocycles. The first-order chi connectivity index (χ1) is 19.9. The first-order valence-corrected chi connectivity index (χ1v) is 13.4. The highest BCUT2D eigenvalue weighted by atomic mass is 32.1. The average molecular weight is 622 g/mol. The second-order valence-electron chi connectivity index (χ2n) is 9.39. The zero-order valence-corrected chi connectivity index (χ0v) is 22.8. The Morgan fingerprint density at radius 3 is 2.64 bits per heavy atom. The van der Waals surface area contributed by atoms with Crippen LogP contribution >= 0.6 is 11.3 Å². The number of benzene rings is 1. The van der Waals surface area contributed by atoms with E-state index in [2.05, 4.69) is 31.2 Å². The molecule has 0 radical (unpaired) electrons. The van der Waals surface area contributed by atoms with Crippen LogP contribution in [0.4, 0.5) is 36.4 Å². The molecule has 1 saturated heterocycles. The second kappa shape index (κ2) is 13.2. The molecule has 1 aliphatic rings. The van der Waals surface area contributed by atoms with Crippen LogP contribution < -0.4 is 16.0 Å². The molecule has 4 aromatic rings. The van der Waals surface area contributed by atoms with Gasteiger partial charge in [-0.25, -0.2) is 4.39 Å². The van der Waals surface area contributed by atoms with Gasteiger partial charge in [-0.05, 0) is 37.0 Å². The number of alkyl halides is 7. The van der Waals surface area contributed by atoms with Gasteiger partial charge in [0, 0.05) is 12.7 Å². The summed E-state index contributed by atoms with van der Waals surface area (Å²) in [5, 5.41) is 16.7. The van der Waals surface area contributed by atoms with Gasteiger partial charge in [-0.1, -0.05) is 17.3 Å². The van der Waals surface area contributed by atoms with Gasteiger partial charge in [0.25, 0.3) is 0 Å². The summed E-state index contributed by atoms with van der Waals surface area (Å²) in [5.41, 5.74) is 0.852. The molecule has 0 bridgehead atoms. The van der Waals surface area contributed by atoms with Crippen LogP contribution in [0, 0.1) is 0 Å². The lowest BCUT2D eigenvalue weighted by molar-refractivity contribution is -0.142. The number of carbonyl (C=O) groups excluding carboxylic acids is 1. The van der Waals surface area contributed by atoms with Crippen LogP contribution in [0.5, 0.6) is 0 Å². The summed E-state index contributed by atoms with van der Waals surface area (Å²) in [5.74, 6) is 0.410. The standard InChI is InChI=1S/C19H21F4N5OS.C6H5F3N2O/c1-24-9-15-27-18(28-29-15)17-11(7-19(21,22)23)10-3-2-4-14(16(10)30-17)26-13-5-6-25-8-12(13)20;7-6(8,9)4-11-2-5(3-12)1-10-11/h2-4,12-13,24-26H,5-9H2,1H3;1-3H,4H2. The van der Waals surface area contributed by atoms with Crippen molar-refractivity contribution in [2.24, 2.45) is 0 Å². The number of anilines is 1. The van der Waals surface area contributed by atoms with E-state index in [4.69, 9.17) is 4.52 Å². The summed E-state index contributed by atoms with van der Waals surface area (Å²) in [6.45, 7) is 0.0771. The topological polar surface area (TPSA) is 110 Å². The van der Waals surface area contributed by atoms with Crippen molar-refractivity contribution in [3.05, 3.63) is 47.6 Å². The number of thiophene rings is 1. The summed E-state index contributed by atoms with van der Waals surface area (Å²) in [6, 6.07) is 4.68. The van der Waals surface area contributed by atoms with Crippen molar-refractivity contribution in [1.29, 1.82) is 0 Å². The Bertz CT molecular complexity index is 1480. The number of aldehydes is 1. The Labute approximate surface area is 238 Å². The first-order valence-electron chi connectivity index (χ1n) is 12.6. The van der Waals surface area contributed by atoms with Crippen LogP contribution in [-0.4, -0.2) is 70.9 Å². The van der Waals surface area contributed by atoms with Crippen molar-refractivity contribution >= 4 is 33.4 Å². The van der Waals surface area contributed by atoms with Crippen molar-refractivity contribution in [3.8, 4) is 10.7 Å². The van der Waals surface area contributed by atoms with E-state index in [-0.39, 0.29) is 29.4 Å². The van der Waals surface area contributed by atoms with Gasteiger partial charge in [-0.2, -0.15) is 36.4 Å². The van der Waals surface area contributed by atoms with Gasteiger partial charge in [-0.3, -0.25) is 9.48 Å². The van der Waals surface area contributed by atoms with Crippen molar-refractivity contribution in [2.75, 3.05) is 25.5 Å². The number of nitrogens with zero attached hydrogens (tertiary/aromatic N) is 4. The van der Waals surface area contributed by atoms with E-state index >= 15 is 0 Å². The minimum atomic E-state index is -4.40. The van der Waals surface area contributed by atoms with Crippen molar-refractivity contribution < 1.29 is 40.1 Å². The molecule has 0 amide bonds. The van der Waals surface area contributed by atoms with E-state index in [1.807, 2.05) is 0 Å². The van der Waals surface area contributed by atoms with E-state index in [9.17, 15) is 35.5 Å². The van der Waals surface area contributed by atoms with Gasteiger partial charge in [0.15, 0.2) is 6.29 Å². The molecule has 2 atom stereocenters. The van der Waals surface area contributed by atoms with E-state index in [0.29, 0.717) is 51.1 Å². The predicted molar refractivity (Wildman–Crippen MR) is 141 cm³/mol. The molecule has 1 fully saturated rings. The van der Waals surface area contributed by atoms with Crippen LogP contribution in [0.15, 0.2) is 35.1 Å². The molecule has 2 unspecified atom stereocenters. The highest BCUT2D eigenvalue weighted by molar-refractivity contribution is 7.23. The summed E-state index contributed by atoms with van der Waals surface area (Å²) >= 11 is 1.16. The third kappa shape index (κ3) is 8.25. The number of aromatic nitrogens is 4. The number of hydrogen-bond donors (Lipinski definition) is 3. The zero-order valence-electron chi connectivity index (χ0n) is 22.0. The van der Waals surface area contributed by atoms with E-state index in [1.54, 1.807) is 25.2 Å². The minimum Gasteiger partial charge on any atom is -0.378 e. The fraction of sp³-hybridized carbons (Fsp3) is 0.440. The lowest BCUT2D eigenvalue weighted by Gasteiger charge is -2.28. The van der Waals surface area contributed by atoms with Crippen LogP contribution in [0.25, 0.3) is 20.8 Å². The second-order valence-corrected chi connectivity index (χ2v) is 10.4. The molecule has 3 N–H and O–H groups in total. The van der Waals surface area contributed by atoms with E-state index < -0.39 is 37.5 Å². The van der Waals surface area contributed by atoms with Crippen LogP contribution in [0.3, 0.4) is 0 Å². The third-order valence-electron chi connectivity index (χ3n) is 6.07. The number of piperidine rings is 1. The Hall–Kier alpha value is -3.57. The van der Waals surface area contributed by atoms with Crippen LogP contribution in [0.1, 0.15) is 28.2 Å². The van der Waals surface area contributed by atoms with E-state index in [1.165, 1.54) is 0 Å². The predicted octanol–water partition coefficient (Wildman–Crippen LogP) is 5.15. The molecular formula is C25H26F7N7O2S. The van der Waals surface area contributed by atoms with Crippen molar-refractivity contribution in [3.63, 3.8) is 0 Å². The van der Waals surface area contributed by atoms with Gasteiger partial charge >= 0.3 is 12.4 Å². The average Bonchev–Trinajstić information content (AvgIpc) is 3.64. The monoisotopic (exact) mass is 621 g/mol. The summed E-state index contributed by atoms with van der Waals surface area (Å²) in [4.78, 5) is 14.6. The van der Waals surface area contributed by atoms with Crippen molar-refractivity contribution in [2.45, 2.75) is 50.5 Å². The van der Waals surface area contributed by atoms with Gasteiger partial charge in [0.2, 0.25) is 11.7 Å². The summed E-state index contributed by atoms with van der Waals surface area (Å²) in [7, 11) is 1.70. The van der Waals surface area contributed by atoms with Gasteiger partial charge in [-0.15, -0.1) is 11.3 Å².